The normalized spacial score (nSPS) is 15.5. The number of nitrogens with one attached hydrogen (secondary N) is 1. The van der Waals surface area contributed by atoms with Gasteiger partial charge in [-0.2, -0.15) is 0 Å². The minimum atomic E-state index is 0.639. The van der Waals surface area contributed by atoms with Crippen molar-refractivity contribution in [3.63, 3.8) is 0 Å². The van der Waals surface area contributed by atoms with Crippen LogP contribution in [0.3, 0.4) is 0 Å². The fraction of sp³-hybridized carbons (Fsp3) is 0.400. The minimum Gasteiger partial charge on any atom is -0.491 e. The van der Waals surface area contributed by atoms with Gasteiger partial charge in [-0.3, -0.25) is 0 Å². The molecule has 1 aliphatic heterocycles. The second kappa shape index (κ2) is 3.66. The maximum Gasteiger partial charge on any atom is 0.126 e. The lowest BCUT2D eigenvalue weighted by Gasteiger charge is -2.07. The van der Waals surface area contributed by atoms with Crippen molar-refractivity contribution in [2.45, 2.75) is 6.61 Å². The van der Waals surface area contributed by atoms with E-state index in [1.54, 1.807) is 0 Å². The van der Waals surface area contributed by atoms with Crippen molar-refractivity contribution in [3.8, 4) is 5.75 Å². The molecule has 1 aliphatic rings. The predicted molar refractivity (Wildman–Crippen MR) is 51.1 cm³/mol. The van der Waals surface area contributed by atoms with Crippen LogP contribution in [-0.4, -0.2) is 20.3 Å². The highest BCUT2D eigenvalue weighted by atomic mass is 16.5. The zero-order valence-electron chi connectivity index (χ0n) is 7.67. The molecule has 1 N–H and O–H groups in total. The molecule has 0 spiro atoms. The standard InChI is InChI=1S/C10H13NO2/c1-11-9-3-2-8-7-12-4-5-13-10(8)6-9/h2-3,6,11H,4-5,7H2,1H3. The van der Waals surface area contributed by atoms with E-state index in [2.05, 4.69) is 5.32 Å². The molecule has 0 aliphatic carbocycles. The Hall–Kier alpha value is -1.22. The molecular formula is C10H13NO2. The molecule has 0 saturated carbocycles. The molecule has 0 amide bonds. The van der Waals surface area contributed by atoms with Crippen molar-refractivity contribution < 1.29 is 9.47 Å². The lowest BCUT2D eigenvalue weighted by Crippen LogP contribution is -2.01. The van der Waals surface area contributed by atoms with Crippen molar-refractivity contribution in [3.05, 3.63) is 23.8 Å². The third kappa shape index (κ3) is 1.75. The summed E-state index contributed by atoms with van der Waals surface area (Å²) in [4.78, 5) is 0. The molecule has 1 aromatic carbocycles. The van der Waals surface area contributed by atoms with E-state index in [4.69, 9.17) is 9.47 Å². The maximum absolute atomic E-state index is 5.53. The van der Waals surface area contributed by atoms with Gasteiger partial charge in [-0.25, -0.2) is 0 Å². The molecule has 0 unspecified atom stereocenters. The molecule has 2 rings (SSSR count). The molecule has 1 heterocycles. The Morgan fingerprint density at radius 1 is 1.31 bits per heavy atom. The summed E-state index contributed by atoms with van der Waals surface area (Å²) in [7, 11) is 1.90. The van der Waals surface area contributed by atoms with Crippen molar-refractivity contribution in [2.75, 3.05) is 25.6 Å². The van der Waals surface area contributed by atoms with Crippen LogP contribution in [0.5, 0.6) is 5.75 Å². The summed E-state index contributed by atoms with van der Waals surface area (Å²) < 4.78 is 10.9. The van der Waals surface area contributed by atoms with Crippen LogP contribution in [0.2, 0.25) is 0 Å². The van der Waals surface area contributed by atoms with Crippen molar-refractivity contribution >= 4 is 5.69 Å². The summed E-state index contributed by atoms with van der Waals surface area (Å²) in [6, 6.07) is 6.06. The molecule has 0 aromatic heterocycles. The first kappa shape index (κ1) is 8.38. The summed E-state index contributed by atoms with van der Waals surface area (Å²) in [6.45, 7) is 1.96. The zero-order valence-corrected chi connectivity index (χ0v) is 7.67. The van der Waals surface area contributed by atoms with Crippen LogP contribution in [0.4, 0.5) is 5.69 Å². The van der Waals surface area contributed by atoms with Crippen LogP contribution in [0.1, 0.15) is 5.56 Å². The molecule has 70 valence electrons. The SMILES string of the molecule is CNc1ccc2c(c1)OCCOC2. The van der Waals surface area contributed by atoms with Gasteiger partial charge in [0.2, 0.25) is 0 Å². The van der Waals surface area contributed by atoms with E-state index < -0.39 is 0 Å². The number of anilines is 1. The fourth-order valence-corrected chi connectivity index (χ4v) is 1.36. The monoisotopic (exact) mass is 179 g/mol. The zero-order chi connectivity index (χ0) is 9.10. The second-order valence-corrected chi connectivity index (χ2v) is 2.97. The highest BCUT2D eigenvalue weighted by Gasteiger charge is 2.08. The summed E-state index contributed by atoms with van der Waals surface area (Å²) in [6.07, 6.45) is 0. The maximum atomic E-state index is 5.53. The largest absolute Gasteiger partial charge is 0.491 e. The average molecular weight is 179 g/mol. The molecule has 0 atom stereocenters. The summed E-state index contributed by atoms with van der Waals surface area (Å²) in [5.74, 6) is 0.935. The molecule has 0 bridgehead atoms. The number of ether oxygens (including phenoxy) is 2. The number of fused-ring (bicyclic) bond motifs is 1. The Morgan fingerprint density at radius 2 is 2.23 bits per heavy atom. The highest BCUT2D eigenvalue weighted by Crippen LogP contribution is 2.25. The van der Waals surface area contributed by atoms with Gasteiger partial charge in [0.15, 0.2) is 0 Å². The third-order valence-electron chi connectivity index (χ3n) is 2.10. The minimum absolute atomic E-state index is 0.639. The van der Waals surface area contributed by atoms with Gasteiger partial charge in [-0.1, -0.05) is 6.07 Å². The second-order valence-electron chi connectivity index (χ2n) is 2.97. The van der Waals surface area contributed by atoms with Crippen LogP contribution in [0, 0.1) is 0 Å². The Bertz CT molecular complexity index is 299. The fourth-order valence-electron chi connectivity index (χ4n) is 1.36. The van der Waals surface area contributed by atoms with E-state index in [0.717, 1.165) is 17.0 Å². The van der Waals surface area contributed by atoms with E-state index in [1.165, 1.54) is 0 Å². The molecule has 1 aromatic rings. The predicted octanol–water partition coefficient (Wildman–Crippen LogP) is 1.64. The van der Waals surface area contributed by atoms with Crippen molar-refractivity contribution in [1.29, 1.82) is 0 Å². The van der Waals surface area contributed by atoms with Gasteiger partial charge in [0.05, 0.1) is 13.2 Å². The molecule has 3 heteroatoms. The molecule has 13 heavy (non-hydrogen) atoms. The quantitative estimate of drug-likeness (QED) is 0.710. The number of rotatable bonds is 1. The van der Waals surface area contributed by atoms with Crippen molar-refractivity contribution in [1.82, 2.24) is 0 Å². The Kier molecular flexibility index (Phi) is 2.36. The Labute approximate surface area is 77.7 Å². The lowest BCUT2D eigenvalue weighted by molar-refractivity contribution is 0.107. The third-order valence-corrected chi connectivity index (χ3v) is 2.10. The summed E-state index contributed by atoms with van der Waals surface area (Å²) in [5, 5.41) is 3.08. The topological polar surface area (TPSA) is 30.5 Å². The smallest absolute Gasteiger partial charge is 0.126 e. The van der Waals surface area contributed by atoms with Crippen LogP contribution < -0.4 is 10.1 Å². The van der Waals surface area contributed by atoms with Gasteiger partial charge in [-0.05, 0) is 6.07 Å². The van der Waals surface area contributed by atoms with Crippen molar-refractivity contribution in [2.24, 2.45) is 0 Å². The van der Waals surface area contributed by atoms with Crippen LogP contribution in [0.25, 0.3) is 0 Å². The van der Waals surface area contributed by atoms with E-state index in [0.29, 0.717) is 19.8 Å². The first-order valence-corrected chi connectivity index (χ1v) is 4.41. The average Bonchev–Trinajstić information content (AvgIpc) is 2.41. The molecule has 0 saturated heterocycles. The number of hydrogen-bond acceptors (Lipinski definition) is 3. The van der Waals surface area contributed by atoms with E-state index in [1.807, 2.05) is 25.2 Å². The summed E-state index contributed by atoms with van der Waals surface area (Å²) >= 11 is 0. The van der Waals surface area contributed by atoms with Gasteiger partial charge in [-0.15, -0.1) is 0 Å². The van der Waals surface area contributed by atoms with Gasteiger partial charge in [0.1, 0.15) is 12.4 Å². The molecule has 0 fully saturated rings. The Balaban J connectivity index is 2.32. The number of hydrogen-bond donors (Lipinski definition) is 1. The van der Waals surface area contributed by atoms with E-state index in [-0.39, 0.29) is 0 Å². The molecular weight excluding hydrogens is 166 g/mol. The molecule has 0 radical (unpaired) electrons. The highest BCUT2D eigenvalue weighted by molar-refractivity contribution is 5.51. The van der Waals surface area contributed by atoms with Gasteiger partial charge < -0.3 is 14.8 Å². The van der Waals surface area contributed by atoms with E-state index >= 15 is 0 Å². The van der Waals surface area contributed by atoms with Gasteiger partial charge in [0, 0.05) is 24.4 Å². The van der Waals surface area contributed by atoms with Crippen LogP contribution in [0.15, 0.2) is 18.2 Å². The molecule has 3 nitrogen and oxygen atoms in total. The number of benzene rings is 1. The van der Waals surface area contributed by atoms with Crippen LogP contribution >= 0.6 is 0 Å². The Morgan fingerprint density at radius 3 is 3.08 bits per heavy atom. The van der Waals surface area contributed by atoms with Gasteiger partial charge >= 0.3 is 0 Å². The van der Waals surface area contributed by atoms with Crippen LogP contribution in [-0.2, 0) is 11.3 Å². The first-order chi connectivity index (χ1) is 6.40. The first-order valence-electron chi connectivity index (χ1n) is 4.41. The van der Waals surface area contributed by atoms with Gasteiger partial charge in [0.25, 0.3) is 0 Å². The summed E-state index contributed by atoms with van der Waals surface area (Å²) in [5.41, 5.74) is 2.19. The van der Waals surface area contributed by atoms with E-state index in [9.17, 15) is 0 Å². The lowest BCUT2D eigenvalue weighted by atomic mass is 10.2.